The molecule has 0 spiro atoms. The van der Waals surface area contributed by atoms with Gasteiger partial charge in [-0.2, -0.15) is 4.31 Å². The Morgan fingerprint density at radius 2 is 1.95 bits per heavy atom. The molecule has 0 aliphatic carbocycles. The first-order valence-corrected chi connectivity index (χ1v) is 8.00. The van der Waals surface area contributed by atoms with Crippen molar-refractivity contribution in [2.45, 2.75) is 31.3 Å². The van der Waals surface area contributed by atoms with Crippen LogP contribution in [0.4, 0.5) is 5.69 Å². The molecule has 0 unspecified atom stereocenters. The van der Waals surface area contributed by atoms with Gasteiger partial charge in [0.2, 0.25) is 10.0 Å². The second-order valence-corrected chi connectivity index (χ2v) is 7.60. The van der Waals surface area contributed by atoms with E-state index in [1.54, 1.807) is 0 Å². The molecule has 1 aromatic rings. The Labute approximate surface area is 123 Å². The van der Waals surface area contributed by atoms with Crippen LogP contribution in [0.3, 0.4) is 0 Å². The molecule has 116 valence electrons. The maximum absolute atomic E-state index is 12.5. The molecule has 8 heteroatoms. The van der Waals surface area contributed by atoms with Gasteiger partial charge in [-0.05, 0) is 18.9 Å². The molecular weight excluding hydrogens is 296 g/mol. The maximum atomic E-state index is 12.5. The first-order valence-electron chi connectivity index (χ1n) is 6.56. The fraction of sp³-hybridized carbons (Fsp3) is 0.538. The zero-order valence-electron chi connectivity index (χ0n) is 12.1. The summed E-state index contributed by atoms with van der Waals surface area (Å²) in [6.45, 7) is 5.08. The molecule has 0 atom stereocenters. The molecule has 0 bridgehead atoms. The van der Waals surface area contributed by atoms with Crippen LogP contribution in [0.2, 0.25) is 0 Å². The summed E-state index contributed by atoms with van der Waals surface area (Å²) in [6.07, 6.45) is 0. The fourth-order valence-corrected chi connectivity index (χ4v) is 4.13. The van der Waals surface area contributed by atoms with Crippen molar-refractivity contribution in [2.75, 3.05) is 13.1 Å². The second-order valence-electron chi connectivity index (χ2n) is 5.69. The highest BCUT2D eigenvalue weighted by Gasteiger charge is 2.49. The Hall–Kier alpha value is -1.51. The molecule has 7 nitrogen and oxygen atoms in total. The predicted molar refractivity (Wildman–Crippen MR) is 76.4 cm³/mol. The number of aliphatic hydroxyl groups is 1. The van der Waals surface area contributed by atoms with Gasteiger partial charge in [0, 0.05) is 24.7 Å². The molecule has 0 aromatic heterocycles. The van der Waals surface area contributed by atoms with Gasteiger partial charge in [0.1, 0.15) is 0 Å². The lowest BCUT2D eigenvalue weighted by Crippen LogP contribution is -2.65. The molecule has 0 radical (unpaired) electrons. The summed E-state index contributed by atoms with van der Waals surface area (Å²) < 4.78 is 26.2. The molecule has 1 aliphatic heterocycles. The van der Waals surface area contributed by atoms with Gasteiger partial charge in [-0.25, -0.2) is 8.42 Å². The number of hydrogen-bond donors (Lipinski definition) is 1. The Morgan fingerprint density at radius 1 is 1.38 bits per heavy atom. The van der Waals surface area contributed by atoms with Crippen molar-refractivity contribution in [1.29, 1.82) is 0 Å². The van der Waals surface area contributed by atoms with Crippen LogP contribution < -0.4 is 0 Å². The van der Waals surface area contributed by atoms with Crippen LogP contribution in [0.25, 0.3) is 0 Å². The molecule has 1 aromatic carbocycles. The van der Waals surface area contributed by atoms with E-state index < -0.39 is 20.5 Å². The van der Waals surface area contributed by atoms with Crippen molar-refractivity contribution < 1.29 is 18.4 Å². The van der Waals surface area contributed by atoms with E-state index in [2.05, 4.69) is 0 Å². The number of nitro benzene ring substituents is 1. The molecular formula is C13H18N2O5S. The third-order valence-corrected chi connectivity index (χ3v) is 5.98. The van der Waals surface area contributed by atoms with Crippen molar-refractivity contribution in [3.8, 4) is 0 Å². The van der Waals surface area contributed by atoms with E-state index in [-0.39, 0.29) is 35.2 Å². The molecule has 1 saturated heterocycles. The van der Waals surface area contributed by atoms with Gasteiger partial charge in [-0.3, -0.25) is 10.1 Å². The van der Waals surface area contributed by atoms with Gasteiger partial charge >= 0.3 is 0 Å². The third kappa shape index (κ3) is 2.54. The van der Waals surface area contributed by atoms with E-state index in [1.165, 1.54) is 25.1 Å². The average molecular weight is 314 g/mol. The monoisotopic (exact) mass is 314 g/mol. The van der Waals surface area contributed by atoms with Crippen LogP contribution in [-0.4, -0.2) is 41.4 Å². The topological polar surface area (TPSA) is 101 Å². The van der Waals surface area contributed by atoms with Gasteiger partial charge in [0.05, 0.1) is 15.4 Å². The number of hydrogen-bond acceptors (Lipinski definition) is 5. The summed E-state index contributed by atoms with van der Waals surface area (Å²) >= 11 is 0. The zero-order chi connectivity index (χ0) is 16.0. The first kappa shape index (κ1) is 15.9. The normalized spacial score (nSPS) is 18.5. The minimum absolute atomic E-state index is 0.00906. The van der Waals surface area contributed by atoms with Crippen LogP contribution in [0.1, 0.15) is 19.4 Å². The maximum Gasteiger partial charge on any atom is 0.273 e. The standard InChI is InChI=1S/C13H18N2O5S/c1-9(2)13(16)7-14(8-13)21(19,20)12-6-4-5-11(10(12)3)15(17)18/h4-6,9,16H,7-8H2,1-3H3. The van der Waals surface area contributed by atoms with Crippen molar-refractivity contribution in [3.63, 3.8) is 0 Å². The van der Waals surface area contributed by atoms with Gasteiger partial charge < -0.3 is 5.11 Å². The van der Waals surface area contributed by atoms with Crippen LogP contribution in [0, 0.1) is 23.0 Å². The van der Waals surface area contributed by atoms with Gasteiger partial charge in [0.25, 0.3) is 5.69 Å². The summed E-state index contributed by atoms with van der Waals surface area (Å²) in [5.74, 6) is -0.0600. The van der Waals surface area contributed by atoms with E-state index >= 15 is 0 Å². The lowest BCUT2D eigenvalue weighted by molar-refractivity contribution is -0.385. The number of β-amino-alcohol motifs (C(OH)–C–C–N with tert-alkyl or cyclic N) is 1. The van der Waals surface area contributed by atoms with Crippen molar-refractivity contribution in [1.82, 2.24) is 4.31 Å². The molecule has 1 N–H and O–H groups in total. The van der Waals surface area contributed by atoms with Crippen molar-refractivity contribution >= 4 is 15.7 Å². The highest BCUT2D eigenvalue weighted by atomic mass is 32.2. The van der Waals surface area contributed by atoms with Gasteiger partial charge in [0.15, 0.2) is 0 Å². The highest BCUT2D eigenvalue weighted by Crippen LogP contribution is 2.35. The summed E-state index contributed by atoms with van der Waals surface area (Å²) in [5, 5.41) is 21.1. The van der Waals surface area contributed by atoms with Crippen molar-refractivity contribution in [2.24, 2.45) is 5.92 Å². The van der Waals surface area contributed by atoms with Gasteiger partial charge in [-0.1, -0.05) is 19.9 Å². The van der Waals surface area contributed by atoms with Crippen LogP contribution >= 0.6 is 0 Å². The second kappa shape index (κ2) is 5.04. The number of rotatable bonds is 4. The molecule has 0 saturated carbocycles. The lowest BCUT2D eigenvalue weighted by Gasteiger charge is -2.47. The summed E-state index contributed by atoms with van der Waals surface area (Å²) in [4.78, 5) is 10.2. The Bertz CT molecular complexity index is 678. The highest BCUT2D eigenvalue weighted by molar-refractivity contribution is 7.89. The first-order chi connectivity index (χ1) is 9.59. The molecule has 1 heterocycles. The number of nitrogens with zero attached hydrogens (tertiary/aromatic N) is 2. The lowest BCUT2D eigenvalue weighted by atomic mass is 9.85. The predicted octanol–water partition coefficient (Wildman–Crippen LogP) is 1.29. The summed E-state index contributed by atoms with van der Waals surface area (Å²) in [7, 11) is -3.82. The fourth-order valence-electron chi connectivity index (χ4n) is 2.32. The van der Waals surface area contributed by atoms with Crippen LogP contribution in [-0.2, 0) is 10.0 Å². The molecule has 1 aliphatic rings. The Kier molecular flexibility index (Phi) is 3.81. The van der Waals surface area contributed by atoms with Crippen LogP contribution in [0.15, 0.2) is 23.1 Å². The summed E-state index contributed by atoms with van der Waals surface area (Å²) in [5.41, 5.74) is -1.14. The van der Waals surface area contributed by atoms with E-state index in [0.717, 1.165) is 4.31 Å². The van der Waals surface area contributed by atoms with E-state index in [9.17, 15) is 23.6 Å². The molecule has 21 heavy (non-hydrogen) atoms. The third-order valence-electron chi connectivity index (χ3n) is 4.05. The molecule has 1 fully saturated rings. The number of nitro groups is 1. The quantitative estimate of drug-likeness (QED) is 0.666. The Balaban J connectivity index is 2.35. The Morgan fingerprint density at radius 3 is 2.43 bits per heavy atom. The van der Waals surface area contributed by atoms with Crippen LogP contribution in [0.5, 0.6) is 0 Å². The minimum atomic E-state index is -3.82. The van der Waals surface area contributed by atoms with Gasteiger partial charge in [-0.15, -0.1) is 0 Å². The van der Waals surface area contributed by atoms with E-state index in [4.69, 9.17) is 0 Å². The number of sulfonamides is 1. The van der Waals surface area contributed by atoms with Crippen molar-refractivity contribution in [3.05, 3.63) is 33.9 Å². The minimum Gasteiger partial charge on any atom is -0.387 e. The SMILES string of the molecule is Cc1c([N+](=O)[O-])cccc1S(=O)(=O)N1CC(O)(C(C)C)C1. The van der Waals surface area contributed by atoms with E-state index in [1.807, 2.05) is 13.8 Å². The smallest absolute Gasteiger partial charge is 0.273 e. The molecule has 0 amide bonds. The molecule has 2 rings (SSSR count). The zero-order valence-corrected chi connectivity index (χ0v) is 12.9. The summed E-state index contributed by atoms with van der Waals surface area (Å²) in [6, 6.07) is 3.98. The number of benzene rings is 1. The largest absolute Gasteiger partial charge is 0.387 e. The average Bonchev–Trinajstić information content (AvgIpc) is 2.34. The van der Waals surface area contributed by atoms with E-state index in [0.29, 0.717) is 0 Å².